The van der Waals surface area contributed by atoms with Gasteiger partial charge in [0.15, 0.2) is 16.5 Å². The van der Waals surface area contributed by atoms with Gasteiger partial charge in [-0.2, -0.15) is 0 Å². The monoisotopic (exact) mass is 390 g/mol. The van der Waals surface area contributed by atoms with Crippen molar-refractivity contribution >= 4 is 22.3 Å². The third kappa shape index (κ3) is 3.59. The predicted octanol–water partition coefficient (Wildman–Crippen LogP) is 2.45. The molecule has 142 valence electrons. The number of carbonyl (C=O) groups is 1. The van der Waals surface area contributed by atoms with E-state index in [4.69, 9.17) is 18.9 Å². The molecule has 0 aliphatic heterocycles. The fraction of sp³-hybridized carbons (Fsp3) is 0.278. The van der Waals surface area contributed by atoms with E-state index in [-0.39, 0.29) is 17.7 Å². The van der Waals surface area contributed by atoms with Crippen molar-refractivity contribution in [3.8, 4) is 17.2 Å². The van der Waals surface area contributed by atoms with Crippen LogP contribution in [0.5, 0.6) is 17.2 Å². The zero-order chi connectivity index (χ0) is 19.6. The number of hydrogen-bond acceptors (Lipinski definition) is 8. The highest BCUT2D eigenvalue weighted by Crippen LogP contribution is 2.38. The first kappa shape index (κ1) is 18.7. The Kier molecular flexibility index (Phi) is 5.31. The molecule has 0 unspecified atom stereocenters. The number of aryl methyl sites for hydroxylation is 1. The molecule has 0 saturated carbocycles. The Morgan fingerprint density at radius 3 is 2.37 bits per heavy atom. The van der Waals surface area contributed by atoms with E-state index in [1.807, 2.05) is 12.3 Å². The van der Waals surface area contributed by atoms with E-state index in [1.54, 1.807) is 0 Å². The van der Waals surface area contributed by atoms with E-state index in [9.17, 15) is 9.59 Å². The van der Waals surface area contributed by atoms with E-state index < -0.39 is 5.97 Å². The van der Waals surface area contributed by atoms with E-state index >= 15 is 0 Å². The van der Waals surface area contributed by atoms with Gasteiger partial charge in [-0.1, -0.05) is 0 Å². The Morgan fingerprint density at radius 2 is 1.78 bits per heavy atom. The Morgan fingerprint density at radius 1 is 1.11 bits per heavy atom. The van der Waals surface area contributed by atoms with Crippen LogP contribution in [0.1, 0.15) is 21.7 Å². The van der Waals surface area contributed by atoms with Crippen LogP contribution in [0.15, 0.2) is 28.4 Å². The molecule has 27 heavy (non-hydrogen) atoms. The van der Waals surface area contributed by atoms with Crippen molar-refractivity contribution in [1.82, 2.24) is 9.38 Å². The topological polar surface area (TPSA) is 88.4 Å². The summed E-state index contributed by atoms with van der Waals surface area (Å²) in [6, 6.07) is 4.35. The molecule has 0 fully saturated rings. The number of thiazole rings is 1. The van der Waals surface area contributed by atoms with Crippen LogP contribution in [0.4, 0.5) is 0 Å². The number of methoxy groups -OCH3 is 3. The third-order valence-electron chi connectivity index (χ3n) is 3.88. The molecule has 3 aromatic rings. The summed E-state index contributed by atoms with van der Waals surface area (Å²) >= 11 is 1.35. The van der Waals surface area contributed by atoms with Gasteiger partial charge in [0.25, 0.3) is 5.56 Å². The van der Waals surface area contributed by atoms with Crippen molar-refractivity contribution in [2.24, 2.45) is 0 Å². The number of rotatable bonds is 6. The van der Waals surface area contributed by atoms with Gasteiger partial charge < -0.3 is 18.9 Å². The Hall–Kier alpha value is -3.07. The summed E-state index contributed by atoms with van der Waals surface area (Å²) in [6.45, 7) is 1.70. The van der Waals surface area contributed by atoms with E-state index in [0.717, 1.165) is 5.69 Å². The normalized spacial score (nSPS) is 10.7. The van der Waals surface area contributed by atoms with Gasteiger partial charge in [-0.15, -0.1) is 11.3 Å². The van der Waals surface area contributed by atoms with Gasteiger partial charge in [0, 0.05) is 17.1 Å². The molecule has 1 aromatic carbocycles. The van der Waals surface area contributed by atoms with Crippen LogP contribution in [0.25, 0.3) is 4.96 Å². The molecule has 2 aromatic heterocycles. The predicted molar refractivity (Wildman–Crippen MR) is 99.3 cm³/mol. The van der Waals surface area contributed by atoms with Gasteiger partial charge >= 0.3 is 5.97 Å². The van der Waals surface area contributed by atoms with E-state index in [2.05, 4.69) is 4.98 Å². The second kappa shape index (κ2) is 7.67. The lowest BCUT2D eigenvalue weighted by atomic mass is 10.2. The molecule has 3 rings (SSSR count). The number of aromatic nitrogens is 2. The van der Waals surface area contributed by atoms with Gasteiger partial charge in [0.2, 0.25) is 5.75 Å². The average molecular weight is 390 g/mol. The van der Waals surface area contributed by atoms with E-state index in [0.29, 0.717) is 27.9 Å². The fourth-order valence-electron chi connectivity index (χ4n) is 2.60. The molecule has 9 heteroatoms. The minimum absolute atomic E-state index is 0.127. The summed E-state index contributed by atoms with van der Waals surface area (Å²) in [7, 11) is 4.40. The van der Waals surface area contributed by atoms with Gasteiger partial charge in [-0.05, 0) is 19.1 Å². The number of ether oxygens (including phenoxy) is 4. The van der Waals surface area contributed by atoms with Crippen LogP contribution in [0.2, 0.25) is 0 Å². The number of fused-ring (bicyclic) bond motifs is 1. The molecule has 0 amide bonds. The number of hydrogen-bond donors (Lipinski definition) is 0. The van der Waals surface area contributed by atoms with Gasteiger partial charge in [0.1, 0.15) is 6.61 Å². The first-order valence-electron chi connectivity index (χ1n) is 7.92. The quantitative estimate of drug-likeness (QED) is 0.597. The summed E-state index contributed by atoms with van der Waals surface area (Å²) in [5.41, 5.74) is 1.21. The maximum absolute atomic E-state index is 12.4. The van der Waals surface area contributed by atoms with Crippen LogP contribution < -0.4 is 19.8 Å². The summed E-state index contributed by atoms with van der Waals surface area (Å²) in [4.78, 5) is 29.5. The standard InChI is InChI=1S/C18H18N2O6S/c1-10-9-27-18-19-12(7-15(21)20(10)18)8-26-17(22)11-5-13(23-2)16(25-4)14(6-11)24-3/h5-7,9H,8H2,1-4H3. The van der Waals surface area contributed by atoms with Crippen molar-refractivity contribution in [2.45, 2.75) is 13.5 Å². The van der Waals surface area contributed by atoms with Crippen LogP contribution in [-0.2, 0) is 11.3 Å². The molecule has 0 atom stereocenters. The molecule has 0 spiro atoms. The molecule has 0 radical (unpaired) electrons. The molecular weight excluding hydrogens is 372 g/mol. The molecular formula is C18H18N2O6S. The van der Waals surface area contributed by atoms with Crippen molar-refractivity contribution in [2.75, 3.05) is 21.3 Å². The molecule has 0 saturated heterocycles. The lowest BCUT2D eigenvalue weighted by Crippen LogP contribution is -2.16. The lowest BCUT2D eigenvalue weighted by molar-refractivity contribution is 0.0467. The number of benzene rings is 1. The maximum Gasteiger partial charge on any atom is 0.338 e. The molecule has 0 aliphatic rings. The van der Waals surface area contributed by atoms with Crippen LogP contribution in [-0.4, -0.2) is 36.7 Å². The zero-order valence-corrected chi connectivity index (χ0v) is 16.1. The first-order chi connectivity index (χ1) is 13.0. The second-order valence-electron chi connectivity index (χ2n) is 5.57. The zero-order valence-electron chi connectivity index (χ0n) is 15.3. The minimum atomic E-state index is -0.599. The van der Waals surface area contributed by atoms with E-state index in [1.165, 1.54) is 55.3 Å². The largest absolute Gasteiger partial charge is 0.493 e. The van der Waals surface area contributed by atoms with Crippen molar-refractivity contribution in [3.05, 3.63) is 50.9 Å². The smallest absolute Gasteiger partial charge is 0.338 e. The summed E-state index contributed by atoms with van der Waals surface area (Å²) < 4.78 is 22.5. The first-order valence-corrected chi connectivity index (χ1v) is 8.80. The van der Waals surface area contributed by atoms with Gasteiger partial charge in [-0.25, -0.2) is 9.78 Å². The van der Waals surface area contributed by atoms with Crippen LogP contribution in [0, 0.1) is 6.92 Å². The fourth-order valence-corrected chi connectivity index (χ4v) is 3.49. The summed E-state index contributed by atoms with van der Waals surface area (Å²) in [6.07, 6.45) is 0. The van der Waals surface area contributed by atoms with Crippen molar-refractivity contribution in [3.63, 3.8) is 0 Å². The van der Waals surface area contributed by atoms with Crippen LogP contribution in [0.3, 0.4) is 0 Å². The lowest BCUT2D eigenvalue weighted by Gasteiger charge is -2.13. The Labute approximate surface area is 158 Å². The van der Waals surface area contributed by atoms with Gasteiger partial charge in [-0.3, -0.25) is 9.20 Å². The third-order valence-corrected chi connectivity index (χ3v) is 4.82. The molecule has 0 aliphatic carbocycles. The van der Waals surface area contributed by atoms with Crippen LogP contribution >= 0.6 is 11.3 Å². The summed E-state index contributed by atoms with van der Waals surface area (Å²) in [5, 5.41) is 1.84. The second-order valence-corrected chi connectivity index (χ2v) is 6.41. The van der Waals surface area contributed by atoms with Gasteiger partial charge in [0.05, 0.1) is 32.6 Å². The Bertz CT molecular complexity index is 1030. The highest BCUT2D eigenvalue weighted by atomic mass is 32.1. The molecule has 0 N–H and O–H groups in total. The average Bonchev–Trinajstić information content (AvgIpc) is 3.05. The molecule has 2 heterocycles. The SMILES string of the molecule is COc1cc(C(=O)OCc2cc(=O)n3c(C)csc3n2)cc(OC)c1OC. The highest BCUT2D eigenvalue weighted by molar-refractivity contribution is 7.15. The molecule has 8 nitrogen and oxygen atoms in total. The molecule has 0 bridgehead atoms. The number of nitrogens with zero attached hydrogens (tertiary/aromatic N) is 2. The Balaban J connectivity index is 1.83. The minimum Gasteiger partial charge on any atom is -0.493 e. The maximum atomic E-state index is 12.4. The highest BCUT2D eigenvalue weighted by Gasteiger charge is 2.18. The number of esters is 1. The van der Waals surface area contributed by atoms with Crippen molar-refractivity contribution in [1.29, 1.82) is 0 Å². The number of carbonyl (C=O) groups excluding carboxylic acids is 1. The van der Waals surface area contributed by atoms with Crippen molar-refractivity contribution < 1.29 is 23.7 Å². The summed E-state index contributed by atoms with van der Waals surface area (Å²) in [5.74, 6) is 0.467.